The summed E-state index contributed by atoms with van der Waals surface area (Å²) < 4.78 is 11.1. The van der Waals surface area contributed by atoms with E-state index in [4.69, 9.17) is 21.7 Å². The fourth-order valence-corrected chi connectivity index (χ4v) is 4.96. The van der Waals surface area contributed by atoms with Gasteiger partial charge in [-0.05, 0) is 43.5 Å². The van der Waals surface area contributed by atoms with Gasteiger partial charge in [0.1, 0.15) is 9.33 Å². The van der Waals surface area contributed by atoms with Crippen molar-refractivity contribution in [2.24, 2.45) is 0 Å². The predicted octanol–water partition coefficient (Wildman–Crippen LogP) is 4.26. The number of aryl methyl sites for hydroxylation is 1. The molecule has 2 heterocycles. The fraction of sp³-hybridized carbons (Fsp3) is 0.381. The molecule has 1 N–H and O–H groups in total. The standard InChI is InChI=1S/C21H24N4O4S3/c1-13-23-24-20(31-13)22-18(26)7-5-4-6-10-25-19(27)17(32-21(25)30)12-14-8-9-15(28-2)16(11-14)29-3/h8-9,11-12H,4-7,10H2,1-3H3,(H,22,24,26)/b17-12+. The minimum atomic E-state index is -0.0980. The summed E-state index contributed by atoms with van der Waals surface area (Å²) >= 11 is 8.04. The summed E-state index contributed by atoms with van der Waals surface area (Å²) in [6, 6.07) is 5.48. The number of ether oxygens (including phenoxy) is 2. The largest absolute Gasteiger partial charge is 0.493 e. The molecule has 1 aromatic heterocycles. The van der Waals surface area contributed by atoms with Crippen molar-refractivity contribution in [1.82, 2.24) is 15.1 Å². The lowest BCUT2D eigenvalue weighted by molar-refractivity contribution is -0.122. The van der Waals surface area contributed by atoms with Gasteiger partial charge in [0.15, 0.2) is 11.5 Å². The van der Waals surface area contributed by atoms with E-state index >= 15 is 0 Å². The first kappa shape index (κ1) is 24.1. The van der Waals surface area contributed by atoms with Crippen molar-refractivity contribution in [2.45, 2.75) is 32.6 Å². The Balaban J connectivity index is 1.46. The van der Waals surface area contributed by atoms with Crippen LogP contribution in [-0.2, 0) is 9.59 Å². The average molecular weight is 493 g/mol. The molecule has 0 radical (unpaired) electrons. The Morgan fingerprint density at radius 2 is 1.97 bits per heavy atom. The first-order chi connectivity index (χ1) is 15.4. The first-order valence-corrected chi connectivity index (χ1v) is 12.0. The molecule has 1 aromatic carbocycles. The summed E-state index contributed by atoms with van der Waals surface area (Å²) in [5.74, 6) is 1.05. The van der Waals surface area contributed by atoms with Gasteiger partial charge in [0.2, 0.25) is 11.0 Å². The Bertz CT molecular complexity index is 1040. The molecular weight excluding hydrogens is 468 g/mol. The van der Waals surface area contributed by atoms with Crippen molar-refractivity contribution in [3.8, 4) is 11.5 Å². The van der Waals surface area contributed by atoms with E-state index < -0.39 is 0 Å². The summed E-state index contributed by atoms with van der Waals surface area (Å²) in [4.78, 5) is 27.0. The van der Waals surface area contributed by atoms with Crippen LogP contribution in [0.5, 0.6) is 11.5 Å². The third-order valence-corrected chi connectivity index (χ3v) is 6.77. The van der Waals surface area contributed by atoms with E-state index in [1.165, 1.54) is 23.1 Å². The highest BCUT2D eigenvalue weighted by Gasteiger charge is 2.31. The Kier molecular flexibility index (Phi) is 8.60. The molecule has 1 aliphatic rings. The molecule has 32 heavy (non-hydrogen) atoms. The zero-order valence-electron chi connectivity index (χ0n) is 18.0. The number of methoxy groups -OCH3 is 2. The summed E-state index contributed by atoms with van der Waals surface area (Å²) in [6.45, 7) is 2.37. The van der Waals surface area contributed by atoms with Gasteiger partial charge in [-0.1, -0.05) is 47.8 Å². The van der Waals surface area contributed by atoms with E-state index in [9.17, 15) is 9.59 Å². The second kappa shape index (κ2) is 11.4. The number of thiocarbonyl (C=S) groups is 1. The van der Waals surface area contributed by atoms with E-state index in [1.807, 2.05) is 19.1 Å². The first-order valence-electron chi connectivity index (χ1n) is 9.98. The molecule has 3 rings (SSSR count). The molecule has 170 valence electrons. The summed E-state index contributed by atoms with van der Waals surface area (Å²) in [5.41, 5.74) is 0.833. The maximum atomic E-state index is 12.8. The van der Waals surface area contributed by atoms with Gasteiger partial charge in [-0.2, -0.15) is 0 Å². The van der Waals surface area contributed by atoms with E-state index in [0.717, 1.165) is 29.8 Å². The molecule has 0 atom stereocenters. The van der Waals surface area contributed by atoms with Gasteiger partial charge in [-0.25, -0.2) is 0 Å². The van der Waals surface area contributed by atoms with Crippen LogP contribution in [0.3, 0.4) is 0 Å². The molecule has 0 spiro atoms. The summed E-state index contributed by atoms with van der Waals surface area (Å²) in [5, 5.41) is 11.8. The molecule has 0 saturated carbocycles. The predicted molar refractivity (Wildman–Crippen MR) is 131 cm³/mol. The van der Waals surface area contributed by atoms with Crippen LogP contribution in [0.15, 0.2) is 23.1 Å². The van der Waals surface area contributed by atoms with Crippen molar-refractivity contribution in [3.05, 3.63) is 33.7 Å². The van der Waals surface area contributed by atoms with Gasteiger partial charge in [0.05, 0.1) is 19.1 Å². The van der Waals surface area contributed by atoms with Crippen molar-refractivity contribution < 1.29 is 19.1 Å². The lowest BCUT2D eigenvalue weighted by Crippen LogP contribution is -2.29. The molecule has 8 nitrogen and oxygen atoms in total. The minimum absolute atomic E-state index is 0.0791. The number of unbranched alkanes of at least 4 members (excludes halogenated alkanes) is 2. The number of carbonyl (C=O) groups excluding carboxylic acids is 2. The SMILES string of the molecule is COc1ccc(/C=C2/SC(=S)N(CCCCCC(=O)Nc3nnc(C)s3)C2=O)cc1OC. The van der Waals surface area contributed by atoms with Gasteiger partial charge in [-0.15, -0.1) is 10.2 Å². The Morgan fingerprint density at radius 1 is 1.19 bits per heavy atom. The number of benzene rings is 1. The van der Waals surface area contributed by atoms with E-state index in [0.29, 0.717) is 38.8 Å². The Morgan fingerprint density at radius 3 is 2.66 bits per heavy atom. The summed E-state index contributed by atoms with van der Waals surface area (Å²) in [6.07, 6.45) is 4.51. The molecule has 0 unspecified atom stereocenters. The van der Waals surface area contributed by atoms with E-state index in [1.54, 1.807) is 31.3 Å². The fourth-order valence-electron chi connectivity index (χ4n) is 3.05. The monoisotopic (exact) mass is 492 g/mol. The van der Waals surface area contributed by atoms with Crippen LogP contribution in [0.2, 0.25) is 0 Å². The van der Waals surface area contributed by atoms with Crippen LogP contribution in [0.1, 0.15) is 36.3 Å². The third kappa shape index (κ3) is 6.27. The highest BCUT2D eigenvalue weighted by Crippen LogP contribution is 2.34. The van der Waals surface area contributed by atoms with Crippen LogP contribution in [0.4, 0.5) is 5.13 Å². The average Bonchev–Trinajstić information content (AvgIpc) is 3.30. The van der Waals surface area contributed by atoms with Crippen molar-refractivity contribution in [3.63, 3.8) is 0 Å². The van der Waals surface area contributed by atoms with Gasteiger partial charge in [0, 0.05) is 13.0 Å². The zero-order valence-corrected chi connectivity index (χ0v) is 20.5. The van der Waals surface area contributed by atoms with E-state index in [2.05, 4.69) is 15.5 Å². The maximum absolute atomic E-state index is 12.8. The highest BCUT2D eigenvalue weighted by atomic mass is 32.2. The van der Waals surface area contributed by atoms with Gasteiger partial charge < -0.3 is 14.8 Å². The number of anilines is 1. The van der Waals surface area contributed by atoms with E-state index in [-0.39, 0.29) is 11.8 Å². The second-order valence-corrected chi connectivity index (χ2v) is 9.79. The van der Waals surface area contributed by atoms with Crippen LogP contribution in [0.25, 0.3) is 6.08 Å². The number of hydrogen-bond acceptors (Lipinski definition) is 9. The molecular formula is C21H24N4O4S3. The molecule has 2 aromatic rings. The molecule has 0 bridgehead atoms. The van der Waals surface area contributed by atoms with Crippen molar-refractivity contribution >= 4 is 62.7 Å². The van der Waals surface area contributed by atoms with Crippen molar-refractivity contribution in [1.29, 1.82) is 0 Å². The Hall–Kier alpha value is -2.50. The van der Waals surface area contributed by atoms with Crippen LogP contribution < -0.4 is 14.8 Å². The topological polar surface area (TPSA) is 93.6 Å². The van der Waals surface area contributed by atoms with Gasteiger partial charge in [-0.3, -0.25) is 14.5 Å². The number of amides is 2. The number of thioether (sulfide) groups is 1. The normalized spacial score (nSPS) is 14.8. The number of carbonyl (C=O) groups is 2. The number of nitrogens with zero attached hydrogens (tertiary/aromatic N) is 3. The quantitative estimate of drug-likeness (QED) is 0.299. The molecule has 0 aliphatic carbocycles. The lowest BCUT2D eigenvalue weighted by atomic mass is 10.1. The number of nitrogens with one attached hydrogen (secondary N) is 1. The molecule has 1 aliphatic heterocycles. The summed E-state index contributed by atoms with van der Waals surface area (Å²) in [7, 11) is 3.15. The van der Waals surface area contributed by atoms with Crippen molar-refractivity contribution in [2.75, 3.05) is 26.1 Å². The second-order valence-electron chi connectivity index (χ2n) is 6.93. The van der Waals surface area contributed by atoms with Gasteiger partial charge in [0.25, 0.3) is 5.91 Å². The number of rotatable bonds is 10. The highest BCUT2D eigenvalue weighted by molar-refractivity contribution is 8.26. The number of hydrogen-bond donors (Lipinski definition) is 1. The molecule has 1 fully saturated rings. The van der Waals surface area contributed by atoms with Crippen LogP contribution in [0, 0.1) is 6.92 Å². The Labute approximate surface area is 200 Å². The van der Waals surface area contributed by atoms with Crippen LogP contribution >= 0.6 is 35.3 Å². The minimum Gasteiger partial charge on any atom is -0.493 e. The molecule has 2 amide bonds. The van der Waals surface area contributed by atoms with Gasteiger partial charge >= 0.3 is 0 Å². The zero-order chi connectivity index (χ0) is 23.1. The smallest absolute Gasteiger partial charge is 0.266 e. The van der Waals surface area contributed by atoms with Crippen LogP contribution in [-0.4, -0.2) is 52.0 Å². The number of aromatic nitrogens is 2. The molecule has 11 heteroatoms. The maximum Gasteiger partial charge on any atom is 0.266 e. The lowest BCUT2D eigenvalue weighted by Gasteiger charge is -2.14. The molecule has 1 saturated heterocycles. The third-order valence-electron chi connectivity index (χ3n) is 4.64.